The molecule has 0 radical (unpaired) electrons. The van der Waals surface area contributed by atoms with Gasteiger partial charge in [0.25, 0.3) is 0 Å². The molecule has 1 saturated heterocycles. The van der Waals surface area contributed by atoms with Crippen LogP contribution in [0.2, 0.25) is 5.02 Å². The van der Waals surface area contributed by atoms with Crippen LogP contribution in [0.3, 0.4) is 0 Å². The fourth-order valence-electron chi connectivity index (χ4n) is 3.41. The lowest BCUT2D eigenvalue weighted by Crippen LogP contribution is -2.25. The van der Waals surface area contributed by atoms with Crippen molar-refractivity contribution in [2.24, 2.45) is 14.1 Å². The minimum Gasteiger partial charge on any atom is -0.368 e. The minimum absolute atomic E-state index is 0.192. The number of rotatable bonds is 3. The standard InChI is InChI=1S/C16H20ClN7/c1-22-12-6-5-10(17)8-11(12)19-14(22)9-24-7-3-4-13(24)15-20-16(18)23(2)21-15/h5-6,8,13H,3-4,7,9H2,1-2H3,(H2,18,20,21). The van der Waals surface area contributed by atoms with Crippen LogP contribution >= 0.6 is 11.6 Å². The summed E-state index contributed by atoms with van der Waals surface area (Å²) in [4.78, 5) is 11.5. The van der Waals surface area contributed by atoms with Gasteiger partial charge in [-0.05, 0) is 37.6 Å². The number of aromatic nitrogens is 5. The maximum absolute atomic E-state index is 6.08. The predicted molar refractivity (Wildman–Crippen MR) is 93.5 cm³/mol. The molecule has 2 N–H and O–H groups in total. The van der Waals surface area contributed by atoms with Gasteiger partial charge in [-0.15, -0.1) is 0 Å². The molecule has 1 aliphatic rings. The van der Waals surface area contributed by atoms with E-state index in [0.717, 1.165) is 48.6 Å². The molecule has 1 aromatic carbocycles. The van der Waals surface area contributed by atoms with Gasteiger partial charge in [0.1, 0.15) is 5.82 Å². The Morgan fingerprint density at radius 2 is 2.12 bits per heavy atom. The van der Waals surface area contributed by atoms with Crippen molar-refractivity contribution in [3.63, 3.8) is 0 Å². The first kappa shape index (κ1) is 15.4. The second-order valence-electron chi connectivity index (χ2n) is 6.30. The highest BCUT2D eigenvalue weighted by atomic mass is 35.5. The van der Waals surface area contributed by atoms with Gasteiger partial charge in [0, 0.05) is 19.1 Å². The van der Waals surface area contributed by atoms with Crippen LogP contribution in [-0.2, 0) is 20.6 Å². The number of fused-ring (bicyclic) bond motifs is 1. The third kappa shape index (κ3) is 2.53. The zero-order valence-electron chi connectivity index (χ0n) is 13.8. The van der Waals surface area contributed by atoms with E-state index in [1.807, 2.05) is 32.3 Å². The molecule has 24 heavy (non-hydrogen) atoms. The number of benzene rings is 1. The largest absolute Gasteiger partial charge is 0.368 e. The van der Waals surface area contributed by atoms with Crippen molar-refractivity contribution >= 4 is 28.6 Å². The predicted octanol–water partition coefficient (Wildman–Crippen LogP) is 2.27. The van der Waals surface area contributed by atoms with Gasteiger partial charge < -0.3 is 10.3 Å². The first-order valence-electron chi connectivity index (χ1n) is 8.04. The van der Waals surface area contributed by atoms with Crippen LogP contribution in [0.1, 0.15) is 30.5 Å². The van der Waals surface area contributed by atoms with Crippen molar-refractivity contribution in [3.05, 3.63) is 34.9 Å². The van der Waals surface area contributed by atoms with Crippen LogP contribution in [0, 0.1) is 0 Å². The SMILES string of the molecule is Cn1nc(C2CCCN2Cc2nc3cc(Cl)ccc3n2C)nc1N. The van der Waals surface area contributed by atoms with Crippen molar-refractivity contribution in [1.82, 2.24) is 29.2 Å². The Balaban J connectivity index is 1.63. The van der Waals surface area contributed by atoms with Gasteiger partial charge >= 0.3 is 0 Å². The van der Waals surface area contributed by atoms with Crippen LogP contribution in [-0.4, -0.2) is 35.8 Å². The summed E-state index contributed by atoms with van der Waals surface area (Å²) in [5.41, 5.74) is 7.85. The summed E-state index contributed by atoms with van der Waals surface area (Å²) in [6.07, 6.45) is 2.16. The van der Waals surface area contributed by atoms with E-state index < -0.39 is 0 Å². The van der Waals surface area contributed by atoms with Crippen molar-refractivity contribution in [2.45, 2.75) is 25.4 Å². The van der Waals surface area contributed by atoms with Gasteiger partial charge in [-0.3, -0.25) is 4.90 Å². The van der Waals surface area contributed by atoms with E-state index >= 15 is 0 Å². The van der Waals surface area contributed by atoms with Gasteiger partial charge in [0.2, 0.25) is 5.95 Å². The Kier molecular flexibility index (Phi) is 3.69. The number of anilines is 1. The van der Waals surface area contributed by atoms with Crippen molar-refractivity contribution < 1.29 is 0 Å². The highest BCUT2D eigenvalue weighted by Crippen LogP contribution is 2.32. The fourth-order valence-corrected chi connectivity index (χ4v) is 3.58. The van der Waals surface area contributed by atoms with E-state index in [1.165, 1.54) is 0 Å². The monoisotopic (exact) mass is 345 g/mol. The molecule has 0 aliphatic carbocycles. The molecule has 3 heterocycles. The summed E-state index contributed by atoms with van der Waals surface area (Å²) >= 11 is 6.08. The van der Waals surface area contributed by atoms with Crippen molar-refractivity contribution in [1.29, 1.82) is 0 Å². The van der Waals surface area contributed by atoms with E-state index in [9.17, 15) is 0 Å². The number of hydrogen-bond donors (Lipinski definition) is 1. The Hall–Kier alpha value is -2.12. The molecule has 0 bridgehead atoms. The van der Waals surface area contributed by atoms with E-state index in [-0.39, 0.29) is 6.04 Å². The molecule has 0 spiro atoms. The number of nitrogens with zero attached hydrogens (tertiary/aromatic N) is 6. The minimum atomic E-state index is 0.192. The second kappa shape index (κ2) is 5.75. The normalized spacial score (nSPS) is 18.7. The summed E-state index contributed by atoms with van der Waals surface area (Å²) < 4.78 is 3.75. The summed E-state index contributed by atoms with van der Waals surface area (Å²) in [6.45, 7) is 1.76. The summed E-state index contributed by atoms with van der Waals surface area (Å²) in [7, 11) is 3.86. The van der Waals surface area contributed by atoms with Crippen LogP contribution in [0.4, 0.5) is 5.95 Å². The van der Waals surface area contributed by atoms with E-state index in [1.54, 1.807) is 4.68 Å². The molecule has 1 atom stereocenters. The summed E-state index contributed by atoms with van der Waals surface area (Å²) in [5.74, 6) is 2.27. The number of nitrogens with two attached hydrogens (primary N) is 1. The average Bonchev–Trinajstić information content (AvgIpc) is 3.20. The van der Waals surface area contributed by atoms with Gasteiger partial charge in [0.15, 0.2) is 5.82 Å². The van der Waals surface area contributed by atoms with Crippen LogP contribution in [0.5, 0.6) is 0 Å². The molecular weight excluding hydrogens is 326 g/mol. The maximum Gasteiger partial charge on any atom is 0.218 e. The highest BCUT2D eigenvalue weighted by Gasteiger charge is 2.30. The molecule has 2 aromatic heterocycles. The highest BCUT2D eigenvalue weighted by molar-refractivity contribution is 6.31. The van der Waals surface area contributed by atoms with E-state index in [4.69, 9.17) is 22.3 Å². The topological polar surface area (TPSA) is 77.8 Å². The number of hydrogen-bond acceptors (Lipinski definition) is 5. The third-order valence-electron chi connectivity index (χ3n) is 4.75. The van der Waals surface area contributed by atoms with Gasteiger partial charge in [0.05, 0.1) is 23.6 Å². The lowest BCUT2D eigenvalue weighted by atomic mass is 10.2. The maximum atomic E-state index is 6.08. The first-order valence-corrected chi connectivity index (χ1v) is 8.42. The lowest BCUT2D eigenvalue weighted by Gasteiger charge is -2.21. The molecular formula is C16H20ClN7. The van der Waals surface area contributed by atoms with Gasteiger partial charge in [-0.25, -0.2) is 9.67 Å². The Morgan fingerprint density at radius 3 is 2.88 bits per heavy atom. The van der Waals surface area contributed by atoms with E-state index in [2.05, 4.69) is 19.5 Å². The van der Waals surface area contributed by atoms with Crippen LogP contribution in [0.25, 0.3) is 11.0 Å². The van der Waals surface area contributed by atoms with E-state index in [0.29, 0.717) is 11.0 Å². The zero-order chi connectivity index (χ0) is 16.8. The summed E-state index contributed by atoms with van der Waals surface area (Å²) in [5, 5.41) is 5.16. The fraction of sp³-hybridized carbons (Fsp3) is 0.438. The number of nitrogen functional groups attached to an aromatic ring is 1. The number of likely N-dealkylation sites (tertiary alicyclic amines) is 1. The Labute approximate surface area is 145 Å². The van der Waals surface area contributed by atoms with Crippen LogP contribution in [0.15, 0.2) is 18.2 Å². The second-order valence-corrected chi connectivity index (χ2v) is 6.74. The number of imidazole rings is 1. The number of aryl methyl sites for hydroxylation is 2. The molecule has 0 saturated carbocycles. The smallest absolute Gasteiger partial charge is 0.218 e. The zero-order valence-corrected chi connectivity index (χ0v) is 14.5. The molecule has 3 aromatic rings. The molecule has 1 aliphatic heterocycles. The molecule has 7 nitrogen and oxygen atoms in total. The summed E-state index contributed by atoms with van der Waals surface area (Å²) in [6, 6.07) is 6.01. The first-order chi connectivity index (χ1) is 11.5. The average molecular weight is 346 g/mol. The molecule has 4 rings (SSSR count). The van der Waals surface area contributed by atoms with Gasteiger partial charge in [-0.1, -0.05) is 11.6 Å². The van der Waals surface area contributed by atoms with Crippen LogP contribution < -0.4 is 5.73 Å². The quantitative estimate of drug-likeness (QED) is 0.788. The molecule has 1 unspecified atom stereocenters. The third-order valence-corrected chi connectivity index (χ3v) is 4.99. The lowest BCUT2D eigenvalue weighted by molar-refractivity contribution is 0.232. The number of halogens is 1. The molecule has 126 valence electrons. The van der Waals surface area contributed by atoms with Crippen molar-refractivity contribution in [3.8, 4) is 0 Å². The van der Waals surface area contributed by atoms with Gasteiger partial charge in [-0.2, -0.15) is 10.1 Å². The molecule has 0 amide bonds. The Morgan fingerprint density at radius 1 is 1.29 bits per heavy atom. The van der Waals surface area contributed by atoms with Crippen molar-refractivity contribution in [2.75, 3.05) is 12.3 Å². The molecule has 8 heteroatoms. The Bertz CT molecular complexity index is 878. The molecule has 1 fully saturated rings.